The van der Waals surface area contributed by atoms with Gasteiger partial charge in [-0.05, 0) is 55.5 Å². The highest BCUT2D eigenvalue weighted by Gasteiger charge is 2.15. The Bertz CT molecular complexity index is 943. The molecule has 0 spiro atoms. The zero-order chi connectivity index (χ0) is 20.8. The van der Waals surface area contributed by atoms with Crippen molar-refractivity contribution < 1.29 is 17.9 Å². The summed E-state index contributed by atoms with van der Waals surface area (Å²) in [6.45, 7) is 5.94. The van der Waals surface area contributed by atoms with Crippen molar-refractivity contribution in [2.75, 3.05) is 6.54 Å². The van der Waals surface area contributed by atoms with Crippen molar-refractivity contribution in [3.05, 3.63) is 65.1 Å². The Hall–Kier alpha value is -2.64. The van der Waals surface area contributed by atoms with E-state index in [4.69, 9.17) is 9.88 Å². The second kappa shape index (κ2) is 9.03. The summed E-state index contributed by atoms with van der Waals surface area (Å²) >= 11 is 0. The van der Waals surface area contributed by atoms with E-state index in [1.54, 1.807) is 0 Å². The Kier molecular flexibility index (Phi) is 6.99. The van der Waals surface area contributed by atoms with Crippen molar-refractivity contribution in [1.82, 2.24) is 5.32 Å². The first-order valence-corrected chi connectivity index (χ1v) is 10.5. The van der Waals surface area contributed by atoms with Crippen molar-refractivity contribution in [3.63, 3.8) is 0 Å². The zero-order valence-electron chi connectivity index (χ0n) is 16.3. The van der Waals surface area contributed by atoms with Crippen LogP contribution in [0, 0.1) is 0 Å². The van der Waals surface area contributed by atoms with E-state index in [1.165, 1.54) is 6.08 Å². The first-order valence-electron chi connectivity index (χ1n) is 8.89. The Morgan fingerprint density at radius 2 is 1.75 bits per heavy atom. The highest BCUT2D eigenvalue weighted by atomic mass is 32.2. The number of carbonyl (C=O) groups is 1. The normalized spacial score (nSPS) is 12.1. The zero-order valence-corrected chi connectivity index (χ0v) is 17.1. The molecule has 0 radical (unpaired) electrons. The molecule has 150 valence electrons. The minimum Gasteiger partial charge on any atom is -0.444 e. The van der Waals surface area contributed by atoms with E-state index in [9.17, 15) is 13.2 Å². The minimum absolute atomic E-state index is 0.431. The van der Waals surface area contributed by atoms with Gasteiger partial charge in [-0.25, -0.2) is 18.4 Å². The van der Waals surface area contributed by atoms with Gasteiger partial charge in [0.25, 0.3) is 0 Å². The lowest BCUT2D eigenvalue weighted by atomic mass is 9.98. The Morgan fingerprint density at radius 3 is 2.36 bits per heavy atom. The summed E-state index contributed by atoms with van der Waals surface area (Å²) in [7, 11) is -3.68. The molecule has 0 aromatic heterocycles. The summed E-state index contributed by atoms with van der Waals surface area (Å²) < 4.78 is 27.6. The maximum Gasteiger partial charge on any atom is 0.407 e. The predicted molar refractivity (Wildman–Crippen MR) is 112 cm³/mol. The lowest BCUT2D eigenvalue weighted by molar-refractivity contribution is 0.0528. The van der Waals surface area contributed by atoms with Crippen molar-refractivity contribution in [2.24, 2.45) is 5.14 Å². The van der Waals surface area contributed by atoms with Crippen LogP contribution in [0.5, 0.6) is 0 Å². The van der Waals surface area contributed by atoms with E-state index in [0.29, 0.717) is 13.0 Å². The summed E-state index contributed by atoms with van der Waals surface area (Å²) in [5.41, 5.74) is 3.17. The van der Waals surface area contributed by atoms with Crippen molar-refractivity contribution >= 4 is 22.2 Å². The molecule has 6 nitrogen and oxygen atoms in total. The molecule has 1 amide bonds. The molecule has 0 aliphatic heterocycles. The summed E-state index contributed by atoms with van der Waals surface area (Å²) in [4.78, 5) is 11.7. The molecule has 0 heterocycles. The fourth-order valence-corrected chi connectivity index (χ4v) is 2.88. The van der Waals surface area contributed by atoms with Crippen LogP contribution in [-0.2, 0) is 21.2 Å². The minimum atomic E-state index is -3.68. The average molecular weight is 403 g/mol. The molecule has 0 saturated heterocycles. The van der Waals surface area contributed by atoms with Gasteiger partial charge in [-0.1, -0.05) is 48.5 Å². The molecule has 2 rings (SSSR count). The van der Waals surface area contributed by atoms with Crippen LogP contribution in [0.4, 0.5) is 4.79 Å². The number of sulfonamides is 1. The van der Waals surface area contributed by atoms with Crippen molar-refractivity contribution in [2.45, 2.75) is 32.8 Å². The maximum absolute atomic E-state index is 11.7. The lowest BCUT2D eigenvalue weighted by Gasteiger charge is -2.19. The number of alkyl carbamates (subject to hydrolysis) is 1. The lowest BCUT2D eigenvalue weighted by Crippen LogP contribution is -2.33. The number of nitrogens with two attached hydrogens (primary N) is 1. The van der Waals surface area contributed by atoms with Gasteiger partial charge in [-0.15, -0.1) is 0 Å². The van der Waals surface area contributed by atoms with Gasteiger partial charge in [0.1, 0.15) is 5.60 Å². The van der Waals surface area contributed by atoms with Crippen LogP contribution in [0.3, 0.4) is 0 Å². The third kappa shape index (κ3) is 7.54. The highest BCUT2D eigenvalue weighted by Crippen LogP contribution is 2.25. The second-order valence-electron chi connectivity index (χ2n) is 7.35. The van der Waals surface area contributed by atoms with Crippen LogP contribution in [0.25, 0.3) is 17.2 Å². The largest absolute Gasteiger partial charge is 0.444 e. The second-order valence-corrected chi connectivity index (χ2v) is 8.80. The van der Waals surface area contributed by atoms with E-state index in [0.717, 1.165) is 27.7 Å². The van der Waals surface area contributed by atoms with Crippen LogP contribution in [0.2, 0.25) is 0 Å². The Morgan fingerprint density at radius 1 is 1.11 bits per heavy atom. The topological polar surface area (TPSA) is 98.5 Å². The average Bonchev–Trinajstić information content (AvgIpc) is 2.59. The third-order valence-electron chi connectivity index (χ3n) is 3.74. The number of primary sulfonamides is 1. The standard InChI is InChI=1S/C21H26N2O4S/c1-21(2,3)27-20(24)23-14-12-16-8-10-18(11-9-16)19-7-5-4-6-17(19)13-15-28(22,25)26/h4-11,13,15H,12,14H2,1-3H3,(H,23,24)(H2,22,25,26). The number of amides is 1. The van der Waals surface area contributed by atoms with Gasteiger partial charge in [-0.2, -0.15) is 0 Å². The quantitative estimate of drug-likeness (QED) is 0.770. The number of benzene rings is 2. The van der Waals surface area contributed by atoms with Crippen LogP contribution >= 0.6 is 0 Å². The first-order chi connectivity index (χ1) is 13.0. The SMILES string of the molecule is CC(C)(C)OC(=O)NCCc1ccc(-c2ccccc2C=CS(N)(=O)=O)cc1. The van der Waals surface area contributed by atoms with E-state index >= 15 is 0 Å². The van der Waals surface area contributed by atoms with Gasteiger partial charge >= 0.3 is 6.09 Å². The summed E-state index contributed by atoms with van der Waals surface area (Å²) in [6, 6.07) is 15.4. The molecule has 7 heteroatoms. The van der Waals surface area contributed by atoms with Crippen molar-refractivity contribution in [3.8, 4) is 11.1 Å². The summed E-state index contributed by atoms with van der Waals surface area (Å²) in [6.07, 6.45) is 1.73. The fraction of sp³-hybridized carbons (Fsp3) is 0.286. The molecule has 0 saturated carbocycles. The smallest absolute Gasteiger partial charge is 0.407 e. The summed E-state index contributed by atoms with van der Waals surface area (Å²) in [5.74, 6) is 0. The van der Waals surface area contributed by atoms with E-state index in [2.05, 4.69) is 5.32 Å². The van der Waals surface area contributed by atoms with Crippen LogP contribution in [0.15, 0.2) is 53.9 Å². The number of carbonyl (C=O) groups excluding carboxylic acids is 1. The Balaban J connectivity index is 2.04. The molecule has 0 aliphatic carbocycles. The molecule has 3 N–H and O–H groups in total. The molecule has 28 heavy (non-hydrogen) atoms. The van der Waals surface area contributed by atoms with Gasteiger partial charge < -0.3 is 10.1 Å². The van der Waals surface area contributed by atoms with E-state index in [1.807, 2.05) is 69.3 Å². The van der Waals surface area contributed by atoms with E-state index in [-0.39, 0.29) is 0 Å². The highest BCUT2D eigenvalue weighted by molar-refractivity contribution is 7.92. The molecule has 0 bridgehead atoms. The molecule has 0 unspecified atom stereocenters. The van der Waals surface area contributed by atoms with E-state index < -0.39 is 21.7 Å². The molecule has 0 aliphatic rings. The number of hydrogen-bond donors (Lipinski definition) is 2. The van der Waals surface area contributed by atoms with Crippen LogP contribution in [-0.4, -0.2) is 26.7 Å². The Labute approximate surface area is 166 Å². The van der Waals surface area contributed by atoms with Gasteiger partial charge in [0.05, 0.1) is 0 Å². The van der Waals surface area contributed by atoms with Gasteiger partial charge in [0.15, 0.2) is 0 Å². The molecule has 0 atom stereocenters. The predicted octanol–water partition coefficient (Wildman–Crippen LogP) is 3.68. The fourth-order valence-electron chi connectivity index (χ4n) is 2.55. The van der Waals surface area contributed by atoms with Gasteiger partial charge in [-0.3, -0.25) is 0 Å². The number of ether oxygens (including phenoxy) is 1. The number of nitrogens with one attached hydrogen (secondary N) is 1. The molecular weight excluding hydrogens is 376 g/mol. The van der Waals surface area contributed by atoms with Gasteiger partial charge in [0.2, 0.25) is 10.0 Å². The summed E-state index contributed by atoms with van der Waals surface area (Å²) in [5, 5.41) is 8.76. The molecule has 2 aromatic carbocycles. The van der Waals surface area contributed by atoms with Crippen molar-refractivity contribution in [1.29, 1.82) is 0 Å². The molecule has 2 aromatic rings. The number of rotatable bonds is 6. The van der Waals surface area contributed by atoms with Crippen LogP contribution < -0.4 is 10.5 Å². The van der Waals surface area contributed by atoms with Crippen LogP contribution in [0.1, 0.15) is 31.9 Å². The first kappa shape index (κ1) is 21.7. The number of hydrogen-bond acceptors (Lipinski definition) is 4. The van der Waals surface area contributed by atoms with Gasteiger partial charge in [0, 0.05) is 12.0 Å². The monoisotopic (exact) mass is 402 g/mol. The maximum atomic E-state index is 11.7. The third-order valence-corrected chi connectivity index (χ3v) is 4.26. The molecular formula is C21H26N2O4S. The molecule has 0 fully saturated rings.